The predicted molar refractivity (Wildman–Crippen MR) is 108 cm³/mol. The molecule has 25 heavy (non-hydrogen) atoms. The standard InChI is InChI=1S/C21H21NOS2/c1-16-8-5-6-11-18(16)14-24-15-20(23)22-21(19-12-7-13-25-19)17-9-3-2-4-10-17/h2-13,21H,14-15H2,1H3,(H,22,23)/t21-/m1/s1. The minimum absolute atomic E-state index is 0.0702. The third-order valence-corrected chi connectivity index (χ3v) is 5.94. The highest BCUT2D eigenvalue weighted by atomic mass is 32.2. The largest absolute Gasteiger partial charge is 0.344 e. The Morgan fingerprint density at radius 2 is 1.80 bits per heavy atom. The topological polar surface area (TPSA) is 29.1 Å². The molecular weight excluding hydrogens is 346 g/mol. The molecule has 1 amide bonds. The molecule has 3 aromatic rings. The molecule has 2 aromatic carbocycles. The summed E-state index contributed by atoms with van der Waals surface area (Å²) in [5.74, 6) is 1.39. The molecular formula is C21H21NOS2. The molecule has 0 saturated carbocycles. The maximum atomic E-state index is 12.5. The zero-order chi connectivity index (χ0) is 17.5. The number of rotatable bonds is 7. The van der Waals surface area contributed by atoms with Gasteiger partial charge in [0, 0.05) is 10.6 Å². The van der Waals surface area contributed by atoms with Gasteiger partial charge in [0.2, 0.25) is 5.91 Å². The molecule has 0 aliphatic rings. The number of nitrogens with one attached hydrogen (secondary N) is 1. The molecule has 0 fully saturated rings. The first-order valence-electron chi connectivity index (χ1n) is 8.24. The number of thioether (sulfide) groups is 1. The third kappa shape index (κ3) is 4.97. The Morgan fingerprint density at radius 3 is 2.52 bits per heavy atom. The summed E-state index contributed by atoms with van der Waals surface area (Å²) in [4.78, 5) is 13.6. The molecule has 0 aliphatic heterocycles. The van der Waals surface area contributed by atoms with E-state index in [9.17, 15) is 4.79 Å². The van der Waals surface area contributed by atoms with Gasteiger partial charge >= 0.3 is 0 Å². The molecule has 1 heterocycles. The van der Waals surface area contributed by atoms with Crippen molar-refractivity contribution in [3.05, 3.63) is 93.7 Å². The molecule has 0 spiro atoms. The van der Waals surface area contributed by atoms with Crippen LogP contribution in [0.1, 0.15) is 27.6 Å². The molecule has 1 atom stereocenters. The van der Waals surface area contributed by atoms with E-state index in [-0.39, 0.29) is 11.9 Å². The quantitative estimate of drug-likeness (QED) is 0.622. The van der Waals surface area contributed by atoms with Crippen molar-refractivity contribution in [3.8, 4) is 0 Å². The first-order valence-corrected chi connectivity index (χ1v) is 10.3. The molecule has 0 unspecified atom stereocenters. The van der Waals surface area contributed by atoms with E-state index >= 15 is 0 Å². The Balaban J connectivity index is 1.60. The Bertz CT molecular complexity index is 800. The van der Waals surface area contributed by atoms with Crippen LogP contribution in [0.25, 0.3) is 0 Å². The SMILES string of the molecule is Cc1ccccc1CSCC(=O)N[C@H](c1ccccc1)c1cccs1. The Labute approximate surface area is 157 Å². The van der Waals surface area contributed by atoms with Crippen molar-refractivity contribution in [2.45, 2.75) is 18.7 Å². The first-order chi connectivity index (χ1) is 12.2. The van der Waals surface area contributed by atoms with Gasteiger partial charge in [0.15, 0.2) is 0 Å². The van der Waals surface area contributed by atoms with Crippen molar-refractivity contribution >= 4 is 29.0 Å². The number of amides is 1. The second-order valence-electron chi connectivity index (χ2n) is 5.85. The van der Waals surface area contributed by atoms with E-state index in [4.69, 9.17) is 0 Å². The van der Waals surface area contributed by atoms with Gasteiger partial charge in [-0.2, -0.15) is 0 Å². The van der Waals surface area contributed by atoms with Crippen molar-refractivity contribution < 1.29 is 4.79 Å². The second kappa shape index (κ2) is 8.88. The van der Waals surface area contributed by atoms with E-state index in [0.29, 0.717) is 5.75 Å². The highest BCUT2D eigenvalue weighted by Crippen LogP contribution is 2.26. The lowest BCUT2D eigenvalue weighted by molar-refractivity contribution is -0.119. The van der Waals surface area contributed by atoms with Crippen LogP contribution >= 0.6 is 23.1 Å². The average Bonchev–Trinajstić information content (AvgIpc) is 3.16. The first kappa shape index (κ1) is 17.8. The number of hydrogen-bond acceptors (Lipinski definition) is 3. The third-order valence-electron chi connectivity index (χ3n) is 4.02. The van der Waals surface area contributed by atoms with Crippen LogP contribution in [0, 0.1) is 6.92 Å². The smallest absolute Gasteiger partial charge is 0.230 e. The maximum Gasteiger partial charge on any atom is 0.230 e. The summed E-state index contributed by atoms with van der Waals surface area (Å²) in [7, 11) is 0. The number of hydrogen-bond donors (Lipinski definition) is 1. The van der Waals surface area contributed by atoms with E-state index in [1.165, 1.54) is 11.1 Å². The molecule has 1 N–H and O–H groups in total. The van der Waals surface area contributed by atoms with Gasteiger partial charge in [-0.25, -0.2) is 0 Å². The molecule has 3 rings (SSSR count). The fourth-order valence-electron chi connectivity index (χ4n) is 2.65. The normalized spacial score (nSPS) is 11.9. The van der Waals surface area contributed by atoms with Crippen molar-refractivity contribution in [1.29, 1.82) is 0 Å². The second-order valence-corrected chi connectivity index (χ2v) is 7.81. The van der Waals surface area contributed by atoms with Crippen LogP contribution in [0.5, 0.6) is 0 Å². The van der Waals surface area contributed by atoms with Crippen LogP contribution in [0.4, 0.5) is 0 Å². The van der Waals surface area contributed by atoms with Crippen molar-refractivity contribution in [3.63, 3.8) is 0 Å². The summed E-state index contributed by atoms with van der Waals surface area (Å²) in [6, 6.07) is 22.5. The predicted octanol–water partition coefficient (Wildman–Crippen LogP) is 5.20. The molecule has 4 heteroatoms. The van der Waals surface area contributed by atoms with Crippen LogP contribution in [0.3, 0.4) is 0 Å². The summed E-state index contributed by atoms with van der Waals surface area (Å²) in [6.45, 7) is 2.11. The monoisotopic (exact) mass is 367 g/mol. The molecule has 1 aromatic heterocycles. The lowest BCUT2D eigenvalue weighted by Crippen LogP contribution is -2.30. The zero-order valence-electron chi connectivity index (χ0n) is 14.1. The lowest BCUT2D eigenvalue weighted by Gasteiger charge is -2.18. The summed E-state index contributed by atoms with van der Waals surface area (Å²) in [6.07, 6.45) is 0. The van der Waals surface area contributed by atoms with Crippen LogP contribution in [-0.2, 0) is 10.5 Å². The Kier molecular flexibility index (Phi) is 6.31. The van der Waals surface area contributed by atoms with E-state index < -0.39 is 0 Å². The minimum Gasteiger partial charge on any atom is -0.344 e. The van der Waals surface area contributed by atoms with E-state index in [0.717, 1.165) is 16.2 Å². The zero-order valence-corrected chi connectivity index (χ0v) is 15.8. The Morgan fingerprint density at radius 1 is 1.04 bits per heavy atom. The number of thiophene rings is 1. The number of benzene rings is 2. The summed E-state index contributed by atoms with van der Waals surface area (Å²) >= 11 is 3.32. The van der Waals surface area contributed by atoms with Gasteiger partial charge < -0.3 is 5.32 Å². The molecule has 2 nitrogen and oxygen atoms in total. The lowest BCUT2D eigenvalue weighted by atomic mass is 10.1. The molecule has 0 saturated heterocycles. The van der Waals surface area contributed by atoms with Crippen molar-refractivity contribution in [2.24, 2.45) is 0 Å². The highest BCUT2D eigenvalue weighted by molar-refractivity contribution is 7.99. The van der Waals surface area contributed by atoms with Crippen molar-refractivity contribution in [2.75, 3.05) is 5.75 Å². The van der Waals surface area contributed by atoms with E-state index in [2.05, 4.69) is 42.6 Å². The molecule has 0 aliphatic carbocycles. The average molecular weight is 368 g/mol. The van der Waals surface area contributed by atoms with E-state index in [1.807, 2.05) is 41.8 Å². The van der Waals surface area contributed by atoms with Gasteiger partial charge in [-0.05, 0) is 35.1 Å². The van der Waals surface area contributed by atoms with Gasteiger partial charge in [-0.1, -0.05) is 60.7 Å². The Hall–Kier alpha value is -2.04. The summed E-state index contributed by atoms with van der Waals surface area (Å²) < 4.78 is 0. The number of aryl methyl sites for hydroxylation is 1. The number of carbonyl (C=O) groups is 1. The van der Waals surface area contributed by atoms with Gasteiger partial charge in [0.05, 0.1) is 11.8 Å². The van der Waals surface area contributed by atoms with Crippen molar-refractivity contribution in [1.82, 2.24) is 5.32 Å². The molecule has 128 valence electrons. The fraction of sp³-hybridized carbons (Fsp3) is 0.190. The molecule has 0 bridgehead atoms. The van der Waals surface area contributed by atoms with Gasteiger partial charge in [-0.15, -0.1) is 23.1 Å². The maximum absolute atomic E-state index is 12.5. The van der Waals surface area contributed by atoms with Crippen LogP contribution in [0.2, 0.25) is 0 Å². The van der Waals surface area contributed by atoms with Gasteiger partial charge in [0.25, 0.3) is 0 Å². The van der Waals surface area contributed by atoms with Crippen LogP contribution in [-0.4, -0.2) is 11.7 Å². The summed E-state index contributed by atoms with van der Waals surface area (Å²) in [5.41, 5.74) is 3.68. The van der Waals surface area contributed by atoms with Crippen LogP contribution < -0.4 is 5.32 Å². The highest BCUT2D eigenvalue weighted by Gasteiger charge is 2.17. The number of carbonyl (C=O) groups excluding carboxylic acids is 1. The molecule has 0 radical (unpaired) electrons. The van der Waals surface area contributed by atoms with E-state index in [1.54, 1.807) is 23.1 Å². The fourth-order valence-corrected chi connectivity index (χ4v) is 4.37. The van der Waals surface area contributed by atoms with Crippen LogP contribution in [0.15, 0.2) is 72.1 Å². The van der Waals surface area contributed by atoms with Gasteiger partial charge in [-0.3, -0.25) is 4.79 Å². The summed E-state index contributed by atoms with van der Waals surface area (Å²) in [5, 5.41) is 5.23. The van der Waals surface area contributed by atoms with Gasteiger partial charge in [0.1, 0.15) is 0 Å². The minimum atomic E-state index is -0.0761.